The maximum absolute atomic E-state index is 11.2. The van der Waals surface area contributed by atoms with Crippen molar-refractivity contribution >= 4 is 5.91 Å². The molecular weight excluding hydrogens is 140 g/mol. The molecule has 0 spiro atoms. The molecule has 1 saturated carbocycles. The van der Waals surface area contributed by atoms with Crippen molar-refractivity contribution in [3.8, 4) is 0 Å². The van der Waals surface area contributed by atoms with Crippen LogP contribution in [-0.4, -0.2) is 18.0 Å². The Balaban J connectivity index is 2.22. The Morgan fingerprint density at radius 1 is 1.64 bits per heavy atom. The van der Waals surface area contributed by atoms with Crippen LogP contribution in [0, 0.1) is 5.92 Å². The topological polar surface area (TPSA) is 55.1 Å². The van der Waals surface area contributed by atoms with Crippen LogP contribution in [0.3, 0.4) is 0 Å². The van der Waals surface area contributed by atoms with Crippen LogP contribution in [0.5, 0.6) is 0 Å². The second kappa shape index (κ2) is 2.81. The molecule has 0 radical (unpaired) electrons. The Morgan fingerprint density at radius 2 is 2.18 bits per heavy atom. The third-order valence-electron chi connectivity index (χ3n) is 1.91. The molecule has 1 fully saturated rings. The van der Waals surface area contributed by atoms with Gasteiger partial charge in [0.2, 0.25) is 5.91 Å². The molecule has 3 N–H and O–H groups in total. The average Bonchev–Trinajstić information content (AvgIpc) is 2.64. The Labute approximate surface area is 67.3 Å². The fourth-order valence-electron chi connectivity index (χ4n) is 0.835. The van der Waals surface area contributed by atoms with Gasteiger partial charge in [0, 0.05) is 6.54 Å². The molecule has 1 rings (SSSR count). The first-order chi connectivity index (χ1) is 5.04. The third kappa shape index (κ3) is 2.19. The van der Waals surface area contributed by atoms with Crippen LogP contribution in [0.1, 0.15) is 26.7 Å². The van der Waals surface area contributed by atoms with Gasteiger partial charge in [-0.3, -0.25) is 4.79 Å². The number of carbonyl (C=O) groups excluding carboxylic acids is 1. The van der Waals surface area contributed by atoms with E-state index in [1.807, 2.05) is 0 Å². The maximum Gasteiger partial charge on any atom is 0.240 e. The van der Waals surface area contributed by atoms with E-state index in [4.69, 9.17) is 5.73 Å². The van der Waals surface area contributed by atoms with E-state index in [-0.39, 0.29) is 5.91 Å². The van der Waals surface area contributed by atoms with E-state index < -0.39 is 5.54 Å². The number of hydrogen-bond acceptors (Lipinski definition) is 2. The van der Waals surface area contributed by atoms with Gasteiger partial charge in [0.1, 0.15) is 0 Å². The van der Waals surface area contributed by atoms with E-state index >= 15 is 0 Å². The largest absolute Gasteiger partial charge is 0.354 e. The first-order valence-corrected chi connectivity index (χ1v) is 4.12. The van der Waals surface area contributed by atoms with Crippen molar-refractivity contribution < 1.29 is 4.79 Å². The van der Waals surface area contributed by atoms with Gasteiger partial charge < -0.3 is 11.1 Å². The Hall–Kier alpha value is -0.570. The normalized spacial score (nSPS) is 20.0. The summed E-state index contributed by atoms with van der Waals surface area (Å²) in [6.45, 7) is 4.87. The van der Waals surface area contributed by atoms with Crippen molar-refractivity contribution in [2.24, 2.45) is 11.7 Å². The molecule has 1 aliphatic rings. The van der Waals surface area contributed by atoms with Crippen LogP contribution in [0.25, 0.3) is 0 Å². The van der Waals surface area contributed by atoms with Gasteiger partial charge >= 0.3 is 0 Å². The fourth-order valence-corrected chi connectivity index (χ4v) is 0.835. The molecule has 64 valence electrons. The van der Waals surface area contributed by atoms with Gasteiger partial charge in [-0.05, 0) is 18.8 Å². The van der Waals surface area contributed by atoms with Crippen LogP contribution < -0.4 is 11.1 Å². The highest BCUT2D eigenvalue weighted by molar-refractivity contribution is 5.88. The molecule has 0 atom stereocenters. The zero-order valence-corrected chi connectivity index (χ0v) is 7.18. The van der Waals surface area contributed by atoms with Crippen molar-refractivity contribution in [1.82, 2.24) is 5.32 Å². The number of nitrogens with two attached hydrogens (primary N) is 1. The molecule has 0 bridgehead atoms. The minimum Gasteiger partial charge on any atom is -0.354 e. The van der Waals surface area contributed by atoms with E-state index in [1.165, 1.54) is 0 Å². The number of hydrogen-bond donors (Lipinski definition) is 2. The van der Waals surface area contributed by atoms with E-state index in [9.17, 15) is 4.79 Å². The molecule has 0 saturated heterocycles. The highest BCUT2D eigenvalue weighted by atomic mass is 16.2. The Bertz CT molecular complexity index is 161. The lowest BCUT2D eigenvalue weighted by Gasteiger charge is -2.11. The summed E-state index contributed by atoms with van der Waals surface area (Å²) in [5.74, 6) is 0.521. The standard InChI is InChI=1S/C8H16N2O/c1-6(2)5-10-7(11)8(9)3-4-8/h6H,3-5,9H2,1-2H3,(H,10,11). The second-order valence-electron chi connectivity index (χ2n) is 3.76. The number of carbonyl (C=O) groups is 1. The molecule has 0 aromatic rings. The molecule has 1 amide bonds. The minimum atomic E-state index is -0.505. The Kier molecular flexibility index (Phi) is 2.18. The molecule has 0 unspecified atom stereocenters. The van der Waals surface area contributed by atoms with Gasteiger partial charge in [-0.2, -0.15) is 0 Å². The van der Waals surface area contributed by atoms with E-state index in [0.29, 0.717) is 5.92 Å². The lowest BCUT2D eigenvalue weighted by molar-refractivity contribution is -0.123. The highest BCUT2D eigenvalue weighted by Gasteiger charge is 2.45. The summed E-state index contributed by atoms with van der Waals surface area (Å²) in [5.41, 5.74) is 5.16. The summed E-state index contributed by atoms with van der Waals surface area (Å²) in [6.07, 6.45) is 1.69. The summed E-state index contributed by atoms with van der Waals surface area (Å²) in [5, 5.41) is 2.82. The molecule has 0 aromatic heterocycles. The van der Waals surface area contributed by atoms with Crippen LogP contribution in [0.2, 0.25) is 0 Å². The van der Waals surface area contributed by atoms with Gasteiger partial charge in [0.05, 0.1) is 5.54 Å². The van der Waals surface area contributed by atoms with Crippen LogP contribution in [-0.2, 0) is 4.79 Å². The zero-order valence-electron chi connectivity index (χ0n) is 7.18. The Morgan fingerprint density at radius 3 is 2.55 bits per heavy atom. The van der Waals surface area contributed by atoms with E-state index in [0.717, 1.165) is 19.4 Å². The smallest absolute Gasteiger partial charge is 0.240 e. The van der Waals surface area contributed by atoms with Crippen molar-refractivity contribution in [3.63, 3.8) is 0 Å². The summed E-state index contributed by atoms with van der Waals surface area (Å²) >= 11 is 0. The lowest BCUT2D eigenvalue weighted by Crippen LogP contribution is -2.43. The van der Waals surface area contributed by atoms with Gasteiger partial charge in [-0.25, -0.2) is 0 Å². The predicted molar refractivity (Wildman–Crippen MR) is 44.0 cm³/mol. The summed E-state index contributed by atoms with van der Waals surface area (Å²) in [7, 11) is 0. The molecule has 0 heterocycles. The number of amides is 1. The zero-order chi connectivity index (χ0) is 8.48. The van der Waals surface area contributed by atoms with Gasteiger partial charge in [-0.15, -0.1) is 0 Å². The summed E-state index contributed by atoms with van der Waals surface area (Å²) in [4.78, 5) is 11.2. The highest BCUT2D eigenvalue weighted by Crippen LogP contribution is 2.31. The van der Waals surface area contributed by atoms with Crippen LogP contribution in [0.15, 0.2) is 0 Å². The molecule has 3 heteroatoms. The first-order valence-electron chi connectivity index (χ1n) is 4.12. The van der Waals surface area contributed by atoms with E-state index in [2.05, 4.69) is 19.2 Å². The van der Waals surface area contributed by atoms with Gasteiger partial charge in [0.15, 0.2) is 0 Å². The second-order valence-corrected chi connectivity index (χ2v) is 3.76. The van der Waals surface area contributed by atoms with Crippen molar-refractivity contribution in [2.75, 3.05) is 6.54 Å². The number of rotatable bonds is 3. The predicted octanol–water partition coefficient (Wildman–Crippen LogP) is 0.250. The monoisotopic (exact) mass is 156 g/mol. The van der Waals surface area contributed by atoms with Gasteiger partial charge in [0.25, 0.3) is 0 Å². The van der Waals surface area contributed by atoms with Crippen molar-refractivity contribution in [1.29, 1.82) is 0 Å². The average molecular weight is 156 g/mol. The molecule has 3 nitrogen and oxygen atoms in total. The van der Waals surface area contributed by atoms with Gasteiger partial charge in [-0.1, -0.05) is 13.8 Å². The molecule has 0 aliphatic heterocycles. The summed E-state index contributed by atoms with van der Waals surface area (Å²) in [6, 6.07) is 0. The van der Waals surface area contributed by atoms with Crippen LogP contribution >= 0.6 is 0 Å². The molecule has 11 heavy (non-hydrogen) atoms. The molecular formula is C8H16N2O. The third-order valence-corrected chi connectivity index (χ3v) is 1.91. The SMILES string of the molecule is CC(C)CNC(=O)C1(N)CC1. The fraction of sp³-hybridized carbons (Fsp3) is 0.875. The minimum absolute atomic E-state index is 0.0196. The lowest BCUT2D eigenvalue weighted by atomic mass is 10.2. The van der Waals surface area contributed by atoms with E-state index in [1.54, 1.807) is 0 Å². The van der Waals surface area contributed by atoms with Crippen LogP contribution in [0.4, 0.5) is 0 Å². The quantitative estimate of drug-likeness (QED) is 0.615. The summed E-state index contributed by atoms with van der Waals surface area (Å²) < 4.78 is 0. The molecule has 1 aliphatic carbocycles. The number of nitrogens with one attached hydrogen (secondary N) is 1. The van der Waals surface area contributed by atoms with Crippen molar-refractivity contribution in [3.05, 3.63) is 0 Å². The molecule has 0 aromatic carbocycles. The van der Waals surface area contributed by atoms with Crippen molar-refractivity contribution in [2.45, 2.75) is 32.2 Å². The first kappa shape index (κ1) is 8.53. The maximum atomic E-state index is 11.2.